The molecule has 1 rings (SSSR count). The van der Waals surface area contributed by atoms with Crippen LogP contribution in [0.2, 0.25) is 0 Å². The first-order valence-corrected chi connectivity index (χ1v) is 5.31. The van der Waals surface area contributed by atoms with Crippen molar-refractivity contribution in [3.05, 3.63) is 36.8 Å². The van der Waals surface area contributed by atoms with Crippen LogP contribution in [0.3, 0.4) is 0 Å². The van der Waals surface area contributed by atoms with Crippen LogP contribution in [0.1, 0.15) is 0 Å². The first kappa shape index (κ1) is 14.3. The molecule has 1 aromatic heterocycles. The third-order valence-corrected chi connectivity index (χ3v) is 2.03. The van der Waals surface area contributed by atoms with Crippen molar-refractivity contribution < 1.29 is 9.59 Å². The van der Waals surface area contributed by atoms with Gasteiger partial charge in [-0.3, -0.25) is 9.78 Å². The summed E-state index contributed by atoms with van der Waals surface area (Å²) >= 11 is 0. The van der Waals surface area contributed by atoms with Crippen molar-refractivity contribution in [3.63, 3.8) is 0 Å². The van der Waals surface area contributed by atoms with Gasteiger partial charge < -0.3 is 10.2 Å². The van der Waals surface area contributed by atoms with Gasteiger partial charge in [-0.15, -0.1) is 0 Å². The number of urea groups is 1. The number of hydrogen-bond acceptors (Lipinski definition) is 5. The summed E-state index contributed by atoms with van der Waals surface area (Å²) in [6.45, 7) is 0. The Morgan fingerprint density at radius 1 is 1.47 bits per heavy atom. The maximum absolute atomic E-state index is 11.7. The Morgan fingerprint density at radius 3 is 2.74 bits per heavy atom. The Morgan fingerprint density at radius 2 is 2.21 bits per heavy atom. The number of anilines is 1. The van der Waals surface area contributed by atoms with Crippen LogP contribution >= 0.6 is 0 Å². The average molecular weight is 262 g/mol. The minimum atomic E-state index is -0.661. The number of nitrogens with one attached hydrogen (secondary N) is 2. The van der Waals surface area contributed by atoms with Gasteiger partial charge in [0.1, 0.15) is 0 Å². The van der Waals surface area contributed by atoms with E-state index in [1.165, 1.54) is 11.1 Å². The smallest absolute Gasteiger partial charge is 0.345 e. The highest BCUT2D eigenvalue weighted by Crippen LogP contribution is 2.05. The first-order chi connectivity index (χ1) is 9.04. The zero-order chi connectivity index (χ0) is 14.3. The van der Waals surface area contributed by atoms with Gasteiger partial charge in [0, 0.05) is 32.6 Å². The zero-order valence-electron chi connectivity index (χ0n) is 10.6. The molecule has 19 heavy (non-hydrogen) atoms. The molecule has 1 heterocycles. The van der Waals surface area contributed by atoms with Gasteiger partial charge in [-0.1, -0.05) is 5.22 Å². The molecule has 8 nitrogen and oxygen atoms in total. The van der Waals surface area contributed by atoms with Crippen LogP contribution in [0.25, 0.3) is 0 Å². The largest absolute Gasteiger partial charge is 0.347 e. The number of hydrogen-bond donors (Lipinski definition) is 2. The van der Waals surface area contributed by atoms with Crippen molar-refractivity contribution >= 4 is 17.6 Å². The fourth-order valence-corrected chi connectivity index (χ4v) is 1.05. The molecule has 2 N–H and O–H groups in total. The number of carbonyl (C=O) groups is 2. The molecule has 0 radical (unpaired) electrons. The number of likely N-dealkylation sites (N-methyl/N-ethyl adjacent to an activating group) is 1. The lowest BCUT2D eigenvalue weighted by molar-refractivity contribution is -0.123. The molecular formula is C11H14N6O2. The Hall–Kier alpha value is -2.77. The summed E-state index contributed by atoms with van der Waals surface area (Å²) in [6, 6.07) is 2.64. The minimum absolute atomic E-state index is 0.317. The predicted octanol–water partition coefficient (Wildman–Crippen LogP) is 1.46. The van der Waals surface area contributed by atoms with Crippen LogP contribution in [0.4, 0.5) is 10.5 Å². The summed E-state index contributed by atoms with van der Waals surface area (Å²) in [6.07, 6.45) is 5.27. The lowest BCUT2D eigenvalue weighted by Crippen LogP contribution is -2.26. The van der Waals surface area contributed by atoms with Gasteiger partial charge in [-0.25, -0.2) is 4.79 Å². The van der Waals surface area contributed by atoms with Crippen LogP contribution in [0.15, 0.2) is 42.0 Å². The maximum Gasteiger partial charge on any atom is 0.347 e. The maximum atomic E-state index is 11.7. The fourth-order valence-electron chi connectivity index (χ4n) is 1.05. The molecule has 0 aliphatic heterocycles. The predicted molar refractivity (Wildman–Crippen MR) is 68.1 cm³/mol. The number of nitrogens with zero attached hydrogens (tertiary/aromatic N) is 4. The minimum Gasteiger partial charge on any atom is -0.345 e. The molecular weight excluding hydrogens is 248 g/mol. The van der Waals surface area contributed by atoms with Gasteiger partial charge in [-0.05, 0) is 12.1 Å². The molecule has 8 heteroatoms. The van der Waals surface area contributed by atoms with Gasteiger partial charge in [-0.2, -0.15) is 10.5 Å². The van der Waals surface area contributed by atoms with E-state index in [9.17, 15) is 9.59 Å². The van der Waals surface area contributed by atoms with E-state index < -0.39 is 6.03 Å². The van der Waals surface area contributed by atoms with Crippen molar-refractivity contribution in [1.29, 1.82) is 5.53 Å². The molecule has 0 saturated carbocycles. The quantitative estimate of drug-likeness (QED) is 0.488. The van der Waals surface area contributed by atoms with Gasteiger partial charge in [0.25, 0.3) is 0 Å². The number of rotatable bonds is 4. The van der Waals surface area contributed by atoms with Crippen LogP contribution < -0.4 is 5.32 Å². The highest BCUT2D eigenvalue weighted by atomic mass is 16.2. The third kappa shape index (κ3) is 4.54. The second-order valence-corrected chi connectivity index (χ2v) is 3.66. The Labute approximate surface area is 110 Å². The molecule has 1 aromatic rings. The molecule has 0 aliphatic rings. The number of pyridine rings is 1. The van der Waals surface area contributed by atoms with Crippen molar-refractivity contribution in [2.75, 3.05) is 19.4 Å². The second kappa shape index (κ2) is 6.84. The van der Waals surface area contributed by atoms with Crippen molar-refractivity contribution in [3.8, 4) is 0 Å². The van der Waals surface area contributed by atoms with Gasteiger partial charge in [0.15, 0.2) is 0 Å². The fraction of sp³-hybridized carbons (Fsp3) is 0.182. The van der Waals surface area contributed by atoms with E-state index in [-0.39, 0.29) is 5.91 Å². The highest BCUT2D eigenvalue weighted by Gasteiger charge is 2.10. The van der Waals surface area contributed by atoms with E-state index in [1.807, 2.05) is 0 Å². The molecule has 0 atom stereocenters. The van der Waals surface area contributed by atoms with E-state index in [0.29, 0.717) is 10.7 Å². The second-order valence-electron chi connectivity index (χ2n) is 3.66. The van der Waals surface area contributed by atoms with E-state index in [1.54, 1.807) is 32.4 Å². The molecule has 0 spiro atoms. The standard InChI is InChI=1S/C11H14N6O2/c1-16(2)10(18)5-7-17(15-12)11(19)14-9-4-3-6-13-8-9/h3-8,12H,1-2H3,(H,14,19)/b7-5+,15-12?. The Balaban J connectivity index is 2.67. The van der Waals surface area contributed by atoms with E-state index >= 15 is 0 Å². The molecule has 3 amide bonds. The highest BCUT2D eigenvalue weighted by molar-refractivity contribution is 5.91. The van der Waals surface area contributed by atoms with Gasteiger partial charge >= 0.3 is 6.03 Å². The molecule has 0 aliphatic carbocycles. The number of amides is 3. The summed E-state index contributed by atoms with van der Waals surface area (Å²) in [5, 5.41) is 6.19. The van der Waals surface area contributed by atoms with E-state index in [4.69, 9.17) is 5.53 Å². The molecule has 0 fully saturated rings. The van der Waals surface area contributed by atoms with E-state index in [2.05, 4.69) is 15.5 Å². The van der Waals surface area contributed by atoms with Gasteiger partial charge in [0.2, 0.25) is 5.91 Å². The Kier molecular flexibility index (Phi) is 5.15. The third-order valence-electron chi connectivity index (χ3n) is 2.03. The lowest BCUT2D eigenvalue weighted by atomic mass is 10.4. The topological polar surface area (TPSA) is 102 Å². The SMILES string of the molecule is CN(C)C(=O)/C=C/N(N=N)C(=O)Nc1cccnc1. The molecule has 100 valence electrons. The number of aromatic nitrogens is 1. The molecule has 0 aromatic carbocycles. The Bertz CT molecular complexity index is 485. The molecule has 0 bridgehead atoms. The molecule has 0 saturated heterocycles. The van der Waals surface area contributed by atoms with Gasteiger partial charge in [0.05, 0.1) is 11.9 Å². The average Bonchev–Trinajstić information content (AvgIpc) is 2.40. The summed E-state index contributed by atoms with van der Waals surface area (Å²) in [4.78, 5) is 28.2. The summed E-state index contributed by atoms with van der Waals surface area (Å²) in [7, 11) is 3.15. The molecule has 0 unspecified atom stereocenters. The van der Waals surface area contributed by atoms with Crippen molar-refractivity contribution in [1.82, 2.24) is 14.9 Å². The summed E-state index contributed by atoms with van der Waals surface area (Å²) < 4.78 is 0. The summed E-state index contributed by atoms with van der Waals surface area (Å²) in [5.74, 6) is -0.317. The van der Waals surface area contributed by atoms with Crippen LogP contribution in [0, 0.1) is 5.53 Å². The zero-order valence-corrected chi connectivity index (χ0v) is 10.6. The van der Waals surface area contributed by atoms with E-state index in [0.717, 1.165) is 12.3 Å². The van der Waals surface area contributed by atoms with Crippen molar-refractivity contribution in [2.24, 2.45) is 5.22 Å². The van der Waals surface area contributed by atoms with Crippen LogP contribution in [-0.2, 0) is 4.79 Å². The number of carbonyl (C=O) groups excluding carboxylic acids is 2. The summed E-state index contributed by atoms with van der Waals surface area (Å²) in [5.41, 5.74) is 7.37. The normalized spacial score (nSPS) is 10.0. The first-order valence-electron chi connectivity index (χ1n) is 5.31. The van der Waals surface area contributed by atoms with Crippen LogP contribution in [0.5, 0.6) is 0 Å². The lowest BCUT2D eigenvalue weighted by Gasteiger charge is -2.12. The monoisotopic (exact) mass is 262 g/mol. The van der Waals surface area contributed by atoms with Crippen molar-refractivity contribution in [2.45, 2.75) is 0 Å². The van der Waals surface area contributed by atoms with Crippen LogP contribution in [-0.4, -0.2) is 40.9 Å².